The molecule has 1 aromatic carbocycles. The Hall–Kier alpha value is -2.17. The summed E-state index contributed by atoms with van der Waals surface area (Å²) in [5, 5.41) is 2.41. The standard InChI is InChI=1S/C15H18FNO3/c1-15(2,3)20-14(19)10-17-13(18)9-6-11-4-7-12(16)8-5-11/h4-9H,10H2,1-3H3,(H,17,18). The summed E-state index contributed by atoms with van der Waals surface area (Å²) in [6.07, 6.45) is 2.81. The normalized spacial score (nSPS) is 11.4. The van der Waals surface area contributed by atoms with Crippen molar-refractivity contribution in [2.45, 2.75) is 26.4 Å². The predicted octanol–water partition coefficient (Wildman–Crippen LogP) is 2.30. The van der Waals surface area contributed by atoms with Crippen LogP contribution < -0.4 is 5.32 Å². The van der Waals surface area contributed by atoms with E-state index in [4.69, 9.17) is 4.74 Å². The minimum Gasteiger partial charge on any atom is -0.459 e. The quantitative estimate of drug-likeness (QED) is 0.679. The van der Waals surface area contributed by atoms with Gasteiger partial charge < -0.3 is 10.1 Å². The van der Waals surface area contributed by atoms with Gasteiger partial charge >= 0.3 is 5.97 Å². The van der Waals surface area contributed by atoms with E-state index in [0.717, 1.165) is 0 Å². The number of esters is 1. The maximum absolute atomic E-state index is 12.7. The fraction of sp³-hybridized carbons (Fsp3) is 0.333. The molecule has 4 nitrogen and oxygen atoms in total. The Labute approximate surface area is 117 Å². The van der Waals surface area contributed by atoms with Gasteiger partial charge in [0.25, 0.3) is 0 Å². The molecule has 1 N–H and O–H groups in total. The van der Waals surface area contributed by atoms with Gasteiger partial charge in [-0.05, 0) is 44.5 Å². The van der Waals surface area contributed by atoms with Crippen LogP contribution in [0.2, 0.25) is 0 Å². The van der Waals surface area contributed by atoms with Gasteiger partial charge in [-0.15, -0.1) is 0 Å². The second-order valence-corrected chi connectivity index (χ2v) is 5.19. The van der Waals surface area contributed by atoms with Gasteiger partial charge in [-0.25, -0.2) is 4.39 Å². The Balaban J connectivity index is 2.40. The lowest BCUT2D eigenvalue weighted by molar-refractivity contribution is -0.154. The van der Waals surface area contributed by atoms with Crippen molar-refractivity contribution in [3.8, 4) is 0 Å². The first-order valence-electron chi connectivity index (χ1n) is 6.19. The fourth-order valence-electron chi connectivity index (χ4n) is 1.34. The molecule has 0 saturated heterocycles. The van der Waals surface area contributed by atoms with E-state index in [1.54, 1.807) is 32.9 Å². The van der Waals surface area contributed by atoms with Crippen molar-refractivity contribution in [3.63, 3.8) is 0 Å². The van der Waals surface area contributed by atoms with E-state index in [2.05, 4.69) is 5.32 Å². The van der Waals surface area contributed by atoms with Gasteiger partial charge in [-0.1, -0.05) is 12.1 Å². The largest absolute Gasteiger partial charge is 0.459 e. The van der Waals surface area contributed by atoms with Gasteiger partial charge in [0.15, 0.2) is 0 Å². The van der Waals surface area contributed by atoms with Crippen LogP contribution in [0.3, 0.4) is 0 Å². The molecule has 0 aliphatic carbocycles. The van der Waals surface area contributed by atoms with Crippen molar-refractivity contribution < 1.29 is 18.7 Å². The van der Waals surface area contributed by atoms with E-state index in [1.807, 2.05) is 0 Å². The monoisotopic (exact) mass is 279 g/mol. The first-order valence-corrected chi connectivity index (χ1v) is 6.19. The Bertz CT molecular complexity index is 501. The van der Waals surface area contributed by atoms with E-state index < -0.39 is 17.5 Å². The molecule has 0 radical (unpaired) electrons. The van der Waals surface area contributed by atoms with Gasteiger partial charge in [0.1, 0.15) is 18.0 Å². The third kappa shape index (κ3) is 6.68. The molecule has 0 atom stereocenters. The number of ether oxygens (including phenoxy) is 1. The highest BCUT2D eigenvalue weighted by atomic mass is 19.1. The minimum absolute atomic E-state index is 0.191. The summed E-state index contributed by atoms with van der Waals surface area (Å²) in [7, 11) is 0. The van der Waals surface area contributed by atoms with E-state index in [-0.39, 0.29) is 12.4 Å². The molecule has 5 heteroatoms. The average Bonchev–Trinajstić information content (AvgIpc) is 2.33. The van der Waals surface area contributed by atoms with Crippen LogP contribution in [-0.2, 0) is 14.3 Å². The number of hydrogen-bond donors (Lipinski definition) is 1. The van der Waals surface area contributed by atoms with Crippen LogP contribution in [0, 0.1) is 5.82 Å². The second-order valence-electron chi connectivity index (χ2n) is 5.19. The molecular weight excluding hydrogens is 261 g/mol. The zero-order chi connectivity index (χ0) is 15.2. The SMILES string of the molecule is CC(C)(C)OC(=O)CNC(=O)C=Cc1ccc(F)cc1. The fourth-order valence-corrected chi connectivity index (χ4v) is 1.34. The summed E-state index contributed by atoms with van der Waals surface area (Å²) in [5.74, 6) is -1.25. The average molecular weight is 279 g/mol. The van der Waals surface area contributed by atoms with Crippen molar-refractivity contribution in [1.29, 1.82) is 0 Å². The van der Waals surface area contributed by atoms with Crippen LogP contribution in [-0.4, -0.2) is 24.0 Å². The molecule has 1 amide bonds. The summed E-state index contributed by atoms with van der Waals surface area (Å²) in [4.78, 5) is 22.8. The van der Waals surface area contributed by atoms with Gasteiger partial charge in [0.05, 0.1) is 0 Å². The second kappa shape index (κ2) is 6.84. The van der Waals surface area contributed by atoms with E-state index in [0.29, 0.717) is 5.56 Å². The lowest BCUT2D eigenvalue weighted by Crippen LogP contribution is -2.33. The lowest BCUT2D eigenvalue weighted by atomic mass is 10.2. The Morgan fingerprint density at radius 3 is 2.40 bits per heavy atom. The predicted molar refractivity (Wildman–Crippen MR) is 74.3 cm³/mol. The Kier molecular flexibility index (Phi) is 5.43. The number of benzene rings is 1. The molecule has 0 saturated carbocycles. The summed E-state index contributed by atoms with van der Waals surface area (Å²) < 4.78 is 17.7. The van der Waals surface area contributed by atoms with Gasteiger partial charge in [0, 0.05) is 6.08 Å². The zero-order valence-corrected chi connectivity index (χ0v) is 11.8. The first-order chi connectivity index (χ1) is 9.26. The van der Waals surface area contributed by atoms with E-state index in [9.17, 15) is 14.0 Å². The molecule has 0 spiro atoms. The molecule has 0 unspecified atom stereocenters. The van der Waals surface area contributed by atoms with Crippen molar-refractivity contribution in [2.24, 2.45) is 0 Å². The minimum atomic E-state index is -0.578. The number of hydrogen-bond acceptors (Lipinski definition) is 3. The third-order valence-corrected chi connectivity index (χ3v) is 2.12. The summed E-state index contributed by atoms with van der Waals surface area (Å²) >= 11 is 0. The smallest absolute Gasteiger partial charge is 0.325 e. The molecule has 108 valence electrons. The molecule has 0 bridgehead atoms. The summed E-state index contributed by atoms with van der Waals surface area (Å²) in [5.41, 5.74) is 0.116. The molecule has 0 aliphatic rings. The van der Waals surface area contributed by atoms with Crippen LogP contribution in [0.15, 0.2) is 30.3 Å². The highest BCUT2D eigenvalue weighted by Gasteiger charge is 2.16. The van der Waals surface area contributed by atoms with E-state index in [1.165, 1.54) is 24.3 Å². The van der Waals surface area contributed by atoms with Crippen LogP contribution in [0.1, 0.15) is 26.3 Å². The third-order valence-electron chi connectivity index (χ3n) is 2.12. The summed E-state index contributed by atoms with van der Waals surface area (Å²) in [6.45, 7) is 5.06. The molecule has 1 aromatic rings. The van der Waals surface area contributed by atoms with Crippen molar-refractivity contribution in [1.82, 2.24) is 5.32 Å². The molecule has 0 aromatic heterocycles. The molecule has 20 heavy (non-hydrogen) atoms. The van der Waals surface area contributed by atoms with E-state index >= 15 is 0 Å². The van der Waals surface area contributed by atoms with Crippen LogP contribution >= 0.6 is 0 Å². The van der Waals surface area contributed by atoms with Crippen molar-refractivity contribution in [3.05, 3.63) is 41.7 Å². The molecule has 0 aliphatic heterocycles. The topological polar surface area (TPSA) is 55.4 Å². The number of carbonyl (C=O) groups excluding carboxylic acids is 2. The Morgan fingerprint density at radius 1 is 1.25 bits per heavy atom. The molecule has 0 heterocycles. The van der Waals surface area contributed by atoms with Crippen LogP contribution in [0.4, 0.5) is 4.39 Å². The number of carbonyl (C=O) groups is 2. The lowest BCUT2D eigenvalue weighted by Gasteiger charge is -2.19. The number of nitrogens with one attached hydrogen (secondary N) is 1. The zero-order valence-electron chi connectivity index (χ0n) is 11.8. The number of halogens is 1. The van der Waals surface area contributed by atoms with Gasteiger partial charge in [0.2, 0.25) is 5.91 Å². The highest BCUT2D eigenvalue weighted by Crippen LogP contribution is 2.06. The molecular formula is C15H18FNO3. The van der Waals surface area contributed by atoms with Crippen molar-refractivity contribution >= 4 is 18.0 Å². The number of rotatable bonds is 4. The van der Waals surface area contributed by atoms with Gasteiger partial charge in [-0.2, -0.15) is 0 Å². The maximum atomic E-state index is 12.7. The van der Waals surface area contributed by atoms with Crippen LogP contribution in [0.25, 0.3) is 6.08 Å². The maximum Gasteiger partial charge on any atom is 0.325 e. The van der Waals surface area contributed by atoms with Crippen LogP contribution in [0.5, 0.6) is 0 Å². The number of amides is 1. The molecule has 1 rings (SSSR count). The van der Waals surface area contributed by atoms with Gasteiger partial charge in [-0.3, -0.25) is 9.59 Å². The molecule has 0 fully saturated rings. The van der Waals surface area contributed by atoms with Crippen molar-refractivity contribution in [2.75, 3.05) is 6.54 Å². The first kappa shape index (κ1) is 15.9. The highest BCUT2D eigenvalue weighted by molar-refractivity contribution is 5.93. The Morgan fingerprint density at radius 2 is 1.85 bits per heavy atom. The summed E-state index contributed by atoms with van der Waals surface area (Å²) in [6, 6.07) is 5.70.